The van der Waals surface area contributed by atoms with Crippen molar-refractivity contribution >= 4 is 37.4 Å². The van der Waals surface area contributed by atoms with Gasteiger partial charge in [0.2, 0.25) is 15.0 Å². The molecule has 4 nitrogen and oxygen atoms in total. The number of aromatic amines is 1. The number of halogens is 2. The first kappa shape index (κ1) is 12.6. The fraction of sp³-hybridized carbons (Fsp3) is 0.100. The van der Waals surface area contributed by atoms with Crippen LogP contribution >= 0.6 is 27.5 Å². The Morgan fingerprint density at radius 1 is 1.41 bits per heavy atom. The molecule has 0 amide bonds. The van der Waals surface area contributed by atoms with E-state index < -0.39 is 9.84 Å². The largest absolute Gasteiger partial charge is 0.336 e. The number of benzene rings is 1. The monoisotopic (exact) mass is 334 g/mol. The first-order valence-corrected chi connectivity index (χ1v) is 7.47. The molecule has 17 heavy (non-hydrogen) atoms. The quantitative estimate of drug-likeness (QED) is 0.938. The molecule has 2 aromatic rings. The highest BCUT2D eigenvalue weighted by Crippen LogP contribution is 2.24. The molecule has 0 saturated heterocycles. The van der Waals surface area contributed by atoms with E-state index in [0.29, 0.717) is 10.6 Å². The molecule has 0 aliphatic carbocycles. The van der Waals surface area contributed by atoms with E-state index in [0.717, 1.165) is 4.47 Å². The van der Waals surface area contributed by atoms with Gasteiger partial charge in [-0.25, -0.2) is 13.4 Å². The fourth-order valence-corrected chi connectivity index (χ4v) is 3.42. The summed E-state index contributed by atoms with van der Waals surface area (Å²) in [6, 6.07) is 5.08. The van der Waals surface area contributed by atoms with Gasteiger partial charge < -0.3 is 4.98 Å². The molecule has 7 heteroatoms. The molecule has 1 heterocycles. The molecular weight excluding hydrogens is 328 g/mol. The molecule has 0 fully saturated rings. The zero-order chi connectivity index (χ0) is 12.5. The summed E-state index contributed by atoms with van der Waals surface area (Å²) in [5, 5.41) is 0.367. The molecule has 0 unspecified atom stereocenters. The van der Waals surface area contributed by atoms with E-state index >= 15 is 0 Å². The maximum absolute atomic E-state index is 11.9. The summed E-state index contributed by atoms with van der Waals surface area (Å²) in [6.45, 7) is 0. The van der Waals surface area contributed by atoms with Gasteiger partial charge in [0.25, 0.3) is 0 Å². The maximum atomic E-state index is 11.9. The van der Waals surface area contributed by atoms with Gasteiger partial charge in [0.15, 0.2) is 0 Å². The highest BCUT2D eigenvalue weighted by molar-refractivity contribution is 9.10. The van der Waals surface area contributed by atoms with Gasteiger partial charge in [-0.2, -0.15) is 0 Å². The fourth-order valence-electron chi connectivity index (χ4n) is 1.33. The molecule has 1 N–H and O–H groups in total. The van der Waals surface area contributed by atoms with Gasteiger partial charge in [-0.3, -0.25) is 0 Å². The summed E-state index contributed by atoms with van der Waals surface area (Å²) < 4.78 is 24.7. The topological polar surface area (TPSA) is 62.8 Å². The molecule has 0 aliphatic heterocycles. The second-order valence-electron chi connectivity index (χ2n) is 3.39. The maximum Gasteiger partial charge on any atom is 0.225 e. The van der Waals surface area contributed by atoms with Crippen molar-refractivity contribution in [3.8, 4) is 0 Å². The van der Waals surface area contributed by atoms with Gasteiger partial charge in [-0.05, 0) is 17.7 Å². The van der Waals surface area contributed by atoms with Crippen molar-refractivity contribution in [2.75, 3.05) is 0 Å². The van der Waals surface area contributed by atoms with E-state index in [4.69, 9.17) is 11.6 Å². The summed E-state index contributed by atoms with van der Waals surface area (Å²) in [4.78, 5) is 6.31. The van der Waals surface area contributed by atoms with Crippen molar-refractivity contribution in [2.24, 2.45) is 0 Å². The van der Waals surface area contributed by atoms with Gasteiger partial charge in [0.05, 0.1) is 5.75 Å². The normalized spacial score (nSPS) is 11.6. The SMILES string of the molecule is O=S(=O)(Cc1ccc(Br)cc1Cl)c1ncc[nH]1. The van der Waals surface area contributed by atoms with Crippen molar-refractivity contribution < 1.29 is 8.42 Å². The van der Waals surface area contributed by atoms with E-state index in [-0.39, 0.29) is 10.9 Å². The minimum absolute atomic E-state index is 0.0449. The van der Waals surface area contributed by atoms with Crippen LogP contribution in [-0.4, -0.2) is 18.4 Å². The van der Waals surface area contributed by atoms with E-state index in [2.05, 4.69) is 25.9 Å². The first-order chi connectivity index (χ1) is 7.99. The Balaban J connectivity index is 2.33. The highest BCUT2D eigenvalue weighted by Gasteiger charge is 2.19. The van der Waals surface area contributed by atoms with E-state index in [1.807, 2.05) is 0 Å². The second kappa shape index (κ2) is 4.80. The molecule has 0 bridgehead atoms. The van der Waals surface area contributed by atoms with Crippen LogP contribution in [-0.2, 0) is 15.6 Å². The Morgan fingerprint density at radius 2 is 2.18 bits per heavy atom. The van der Waals surface area contributed by atoms with Crippen LogP contribution in [0.1, 0.15) is 5.56 Å². The third kappa shape index (κ3) is 2.88. The zero-order valence-electron chi connectivity index (χ0n) is 8.52. The van der Waals surface area contributed by atoms with Gasteiger partial charge in [-0.15, -0.1) is 0 Å². The van der Waals surface area contributed by atoms with Crippen LogP contribution in [0.15, 0.2) is 40.2 Å². The smallest absolute Gasteiger partial charge is 0.225 e. The Kier molecular flexibility index (Phi) is 3.56. The third-order valence-corrected chi connectivity index (χ3v) is 4.48. The third-order valence-electron chi connectivity index (χ3n) is 2.13. The molecule has 0 aliphatic rings. The Hall–Kier alpha value is -0.850. The van der Waals surface area contributed by atoms with E-state index in [9.17, 15) is 8.42 Å². The van der Waals surface area contributed by atoms with Crippen LogP contribution < -0.4 is 0 Å². The lowest BCUT2D eigenvalue weighted by atomic mass is 10.2. The molecule has 1 aromatic heterocycles. The lowest BCUT2D eigenvalue weighted by Gasteiger charge is -2.04. The van der Waals surface area contributed by atoms with Crippen molar-refractivity contribution in [1.29, 1.82) is 0 Å². The number of H-pyrrole nitrogens is 1. The number of nitrogens with one attached hydrogen (secondary N) is 1. The summed E-state index contributed by atoms with van der Waals surface area (Å²) >= 11 is 9.23. The van der Waals surface area contributed by atoms with Gasteiger partial charge in [0, 0.05) is 21.9 Å². The van der Waals surface area contributed by atoms with Crippen molar-refractivity contribution in [3.05, 3.63) is 45.7 Å². The number of rotatable bonds is 3. The average molecular weight is 336 g/mol. The summed E-state index contributed by atoms with van der Waals surface area (Å²) in [5.74, 6) is -0.174. The predicted molar refractivity (Wildman–Crippen MR) is 68.6 cm³/mol. The number of hydrogen-bond donors (Lipinski definition) is 1. The number of nitrogens with zero attached hydrogens (tertiary/aromatic N) is 1. The minimum atomic E-state index is -3.47. The summed E-state index contributed by atoms with van der Waals surface area (Å²) in [7, 11) is -3.47. The van der Waals surface area contributed by atoms with Crippen molar-refractivity contribution in [3.63, 3.8) is 0 Å². The Morgan fingerprint density at radius 3 is 2.76 bits per heavy atom. The average Bonchev–Trinajstić information content (AvgIpc) is 2.76. The zero-order valence-corrected chi connectivity index (χ0v) is 11.7. The Bertz CT molecular complexity index is 626. The standard InChI is InChI=1S/C10H8BrClN2O2S/c11-8-2-1-7(9(12)5-8)6-17(15,16)10-13-3-4-14-10/h1-5H,6H2,(H,13,14). The van der Waals surface area contributed by atoms with Gasteiger partial charge in [-0.1, -0.05) is 33.6 Å². The molecule has 0 saturated carbocycles. The van der Waals surface area contributed by atoms with Crippen molar-refractivity contribution in [1.82, 2.24) is 9.97 Å². The van der Waals surface area contributed by atoms with E-state index in [1.165, 1.54) is 12.4 Å². The molecule has 0 radical (unpaired) electrons. The number of hydrogen-bond acceptors (Lipinski definition) is 3. The van der Waals surface area contributed by atoms with Crippen LogP contribution in [0.5, 0.6) is 0 Å². The molecule has 90 valence electrons. The van der Waals surface area contributed by atoms with Crippen LogP contribution in [0, 0.1) is 0 Å². The molecule has 0 atom stereocenters. The van der Waals surface area contributed by atoms with E-state index in [1.54, 1.807) is 18.2 Å². The van der Waals surface area contributed by atoms with Crippen LogP contribution in [0.4, 0.5) is 0 Å². The van der Waals surface area contributed by atoms with Crippen LogP contribution in [0.3, 0.4) is 0 Å². The minimum Gasteiger partial charge on any atom is -0.336 e. The lowest BCUT2D eigenvalue weighted by molar-refractivity contribution is 0.588. The van der Waals surface area contributed by atoms with Crippen LogP contribution in [0.25, 0.3) is 0 Å². The number of sulfone groups is 1. The predicted octanol–water partition coefficient (Wildman–Crippen LogP) is 2.80. The highest BCUT2D eigenvalue weighted by atomic mass is 79.9. The Labute approximate surface area is 112 Å². The molecule has 2 rings (SSSR count). The number of aromatic nitrogens is 2. The second-order valence-corrected chi connectivity index (χ2v) is 6.62. The van der Waals surface area contributed by atoms with Gasteiger partial charge in [0.1, 0.15) is 0 Å². The summed E-state index contributed by atoms with van der Waals surface area (Å²) in [5.41, 5.74) is 0.547. The lowest BCUT2D eigenvalue weighted by Crippen LogP contribution is -2.07. The molecule has 0 spiro atoms. The first-order valence-electron chi connectivity index (χ1n) is 4.65. The van der Waals surface area contributed by atoms with Crippen molar-refractivity contribution in [2.45, 2.75) is 10.9 Å². The summed E-state index contributed by atoms with van der Waals surface area (Å²) in [6.07, 6.45) is 2.87. The molecule has 1 aromatic carbocycles. The van der Waals surface area contributed by atoms with Crippen LogP contribution in [0.2, 0.25) is 5.02 Å². The number of imidazole rings is 1. The molecular formula is C10H8BrClN2O2S. The van der Waals surface area contributed by atoms with Gasteiger partial charge >= 0.3 is 0 Å².